The predicted octanol–water partition coefficient (Wildman–Crippen LogP) is 2.11. The van der Waals surface area contributed by atoms with Crippen LogP contribution in [0.2, 0.25) is 0 Å². The Morgan fingerprint density at radius 3 is 2.71 bits per heavy atom. The number of benzene rings is 1. The quantitative estimate of drug-likeness (QED) is 0.612. The van der Waals surface area contributed by atoms with Gasteiger partial charge in [-0.05, 0) is 20.0 Å². The molecule has 0 heterocycles. The summed E-state index contributed by atoms with van der Waals surface area (Å²) in [7, 11) is 1.79. The number of rotatable bonds is 5. The maximum absolute atomic E-state index is 13.4. The molecule has 1 aromatic carbocycles. The number of hydrogen-bond acceptors (Lipinski definition) is 2. The Morgan fingerprint density at radius 2 is 2.12 bits per heavy atom. The molecule has 3 nitrogen and oxygen atoms in total. The molecule has 5 heteroatoms. The first kappa shape index (κ1) is 13.6. The van der Waals surface area contributed by atoms with Gasteiger partial charge in [0.1, 0.15) is 0 Å². The molecule has 0 aliphatic rings. The molecule has 0 amide bonds. The van der Waals surface area contributed by atoms with Gasteiger partial charge in [0, 0.05) is 24.6 Å². The summed E-state index contributed by atoms with van der Waals surface area (Å²) in [5, 5.41) is 7.19. The van der Waals surface area contributed by atoms with Crippen LogP contribution >= 0.6 is 0 Å². The Labute approximate surface area is 99.7 Å². The third kappa shape index (κ3) is 3.78. The summed E-state index contributed by atoms with van der Waals surface area (Å²) in [4.78, 5) is 1.83. The van der Waals surface area contributed by atoms with Crippen LogP contribution in [0.25, 0.3) is 0 Å². The van der Waals surface area contributed by atoms with Crippen molar-refractivity contribution in [3.63, 3.8) is 0 Å². The summed E-state index contributed by atoms with van der Waals surface area (Å²) < 4.78 is 26.4. The minimum absolute atomic E-state index is 0.00941. The Hall–Kier alpha value is -1.49. The molecule has 0 aliphatic heterocycles. The second kappa shape index (κ2) is 5.72. The van der Waals surface area contributed by atoms with Crippen LogP contribution in [0.15, 0.2) is 18.2 Å². The lowest BCUT2D eigenvalue weighted by atomic mass is 10.1. The lowest BCUT2D eigenvalue weighted by Gasteiger charge is -2.24. The van der Waals surface area contributed by atoms with Crippen molar-refractivity contribution in [2.75, 3.05) is 7.05 Å². The molecule has 3 N–H and O–H groups in total. The van der Waals surface area contributed by atoms with Gasteiger partial charge in [0.15, 0.2) is 11.6 Å². The zero-order valence-electron chi connectivity index (χ0n) is 10.0. The largest absolute Gasteiger partial charge is 0.388 e. The van der Waals surface area contributed by atoms with Crippen molar-refractivity contribution in [2.45, 2.75) is 25.9 Å². The van der Waals surface area contributed by atoms with Crippen molar-refractivity contribution in [3.8, 4) is 0 Å². The maximum atomic E-state index is 13.4. The first-order chi connectivity index (χ1) is 7.91. The minimum atomic E-state index is -0.838. The number of nitrogens with two attached hydrogens (primary N) is 1. The van der Waals surface area contributed by atoms with Crippen LogP contribution in [0, 0.1) is 17.0 Å². The Bertz CT molecular complexity index is 407. The van der Waals surface area contributed by atoms with Gasteiger partial charge >= 0.3 is 0 Å². The molecule has 0 aromatic heterocycles. The number of nitrogens with zero attached hydrogens (tertiary/aromatic N) is 1. The monoisotopic (exact) mass is 241 g/mol. The van der Waals surface area contributed by atoms with E-state index in [4.69, 9.17) is 11.1 Å². The third-order valence-corrected chi connectivity index (χ3v) is 2.72. The van der Waals surface area contributed by atoms with Gasteiger partial charge in [0.2, 0.25) is 0 Å². The highest BCUT2D eigenvalue weighted by Gasteiger charge is 2.14. The molecule has 1 rings (SSSR count). The Kier molecular flexibility index (Phi) is 4.57. The van der Waals surface area contributed by atoms with Gasteiger partial charge in [-0.25, -0.2) is 8.78 Å². The number of amidine groups is 1. The first-order valence-corrected chi connectivity index (χ1v) is 5.38. The van der Waals surface area contributed by atoms with Gasteiger partial charge in [-0.3, -0.25) is 10.3 Å². The van der Waals surface area contributed by atoms with E-state index in [0.29, 0.717) is 12.0 Å². The normalized spacial score (nSPS) is 12.8. The van der Waals surface area contributed by atoms with Gasteiger partial charge in [0.25, 0.3) is 0 Å². The fraction of sp³-hybridized carbons (Fsp3) is 0.417. The van der Waals surface area contributed by atoms with E-state index in [1.807, 2.05) is 11.8 Å². The van der Waals surface area contributed by atoms with Gasteiger partial charge < -0.3 is 5.73 Å². The Morgan fingerprint density at radius 1 is 1.47 bits per heavy atom. The molecule has 1 atom stereocenters. The van der Waals surface area contributed by atoms with Gasteiger partial charge in [-0.15, -0.1) is 0 Å². The van der Waals surface area contributed by atoms with Crippen LogP contribution in [0.3, 0.4) is 0 Å². The molecule has 0 saturated heterocycles. The van der Waals surface area contributed by atoms with Crippen LogP contribution in [0.5, 0.6) is 0 Å². The van der Waals surface area contributed by atoms with Crippen LogP contribution in [0.4, 0.5) is 8.78 Å². The molecular weight excluding hydrogens is 224 g/mol. The van der Waals surface area contributed by atoms with Crippen LogP contribution in [0.1, 0.15) is 18.9 Å². The van der Waals surface area contributed by atoms with Crippen molar-refractivity contribution >= 4 is 5.84 Å². The summed E-state index contributed by atoms with van der Waals surface area (Å²) in [5.74, 6) is -1.56. The standard InChI is InChI=1S/C12H17F2N3/c1-8(6-11(15)16)17(2)7-9-4-3-5-10(13)12(9)14/h3-5,8H,6-7H2,1-2H3,(H3,15,16). The number of hydrogen-bond donors (Lipinski definition) is 2. The first-order valence-electron chi connectivity index (χ1n) is 5.38. The molecule has 0 saturated carbocycles. The fourth-order valence-corrected chi connectivity index (χ4v) is 1.57. The fourth-order valence-electron chi connectivity index (χ4n) is 1.57. The van der Waals surface area contributed by atoms with E-state index in [2.05, 4.69) is 0 Å². The molecule has 0 fully saturated rings. The smallest absolute Gasteiger partial charge is 0.163 e. The number of halogens is 2. The highest BCUT2D eigenvalue weighted by Crippen LogP contribution is 2.14. The van der Waals surface area contributed by atoms with Gasteiger partial charge in [-0.2, -0.15) is 0 Å². The van der Waals surface area contributed by atoms with Crippen molar-refractivity contribution in [1.82, 2.24) is 4.90 Å². The summed E-state index contributed by atoms with van der Waals surface area (Å²) >= 11 is 0. The minimum Gasteiger partial charge on any atom is -0.388 e. The van der Waals surface area contributed by atoms with Gasteiger partial charge in [0.05, 0.1) is 5.84 Å². The zero-order chi connectivity index (χ0) is 13.0. The second-order valence-electron chi connectivity index (χ2n) is 4.21. The summed E-state index contributed by atoms with van der Waals surface area (Å²) in [6.07, 6.45) is 0.410. The van der Waals surface area contributed by atoms with Crippen molar-refractivity contribution in [3.05, 3.63) is 35.4 Å². The maximum Gasteiger partial charge on any atom is 0.163 e. The lowest BCUT2D eigenvalue weighted by molar-refractivity contribution is 0.250. The average Bonchev–Trinajstić information content (AvgIpc) is 2.23. The van der Waals surface area contributed by atoms with Crippen LogP contribution in [-0.2, 0) is 6.54 Å². The van der Waals surface area contributed by atoms with Crippen molar-refractivity contribution in [2.24, 2.45) is 5.73 Å². The average molecular weight is 241 g/mol. The summed E-state index contributed by atoms with van der Waals surface area (Å²) in [6, 6.07) is 4.14. The second-order valence-corrected chi connectivity index (χ2v) is 4.21. The van der Waals surface area contributed by atoms with E-state index in [-0.39, 0.29) is 18.4 Å². The molecule has 0 bridgehead atoms. The molecule has 0 aliphatic carbocycles. The molecule has 1 unspecified atom stereocenters. The highest BCUT2D eigenvalue weighted by molar-refractivity contribution is 5.77. The molecule has 0 radical (unpaired) electrons. The van der Waals surface area contributed by atoms with E-state index >= 15 is 0 Å². The van der Waals surface area contributed by atoms with E-state index < -0.39 is 11.6 Å². The van der Waals surface area contributed by atoms with Gasteiger partial charge in [-0.1, -0.05) is 12.1 Å². The van der Waals surface area contributed by atoms with Crippen molar-refractivity contribution < 1.29 is 8.78 Å². The van der Waals surface area contributed by atoms with E-state index in [1.54, 1.807) is 13.1 Å². The topological polar surface area (TPSA) is 53.1 Å². The van der Waals surface area contributed by atoms with E-state index in [1.165, 1.54) is 6.07 Å². The summed E-state index contributed by atoms with van der Waals surface area (Å²) in [5.41, 5.74) is 5.61. The lowest BCUT2D eigenvalue weighted by Crippen LogP contribution is -2.32. The van der Waals surface area contributed by atoms with Crippen LogP contribution in [-0.4, -0.2) is 23.8 Å². The predicted molar refractivity (Wildman–Crippen MR) is 63.8 cm³/mol. The molecule has 17 heavy (non-hydrogen) atoms. The summed E-state index contributed by atoms with van der Waals surface area (Å²) in [6.45, 7) is 2.18. The molecule has 94 valence electrons. The van der Waals surface area contributed by atoms with Crippen molar-refractivity contribution in [1.29, 1.82) is 5.41 Å². The van der Waals surface area contributed by atoms with E-state index in [0.717, 1.165) is 6.07 Å². The zero-order valence-corrected chi connectivity index (χ0v) is 10.0. The highest BCUT2D eigenvalue weighted by atomic mass is 19.2. The molecular formula is C12H17F2N3. The number of nitrogens with one attached hydrogen (secondary N) is 1. The Balaban J connectivity index is 2.70. The third-order valence-electron chi connectivity index (χ3n) is 2.72. The molecule has 0 spiro atoms. The molecule has 1 aromatic rings. The SMILES string of the molecule is CC(CC(=N)N)N(C)Cc1cccc(F)c1F. The van der Waals surface area contributed by atoms with E-state index in [9.17, 15) is 8.78 Å². The van der Waals surface area contributed by atoms with Crippen LogP contribution < -0.4 is 5.73 Å².